The van der Waals surface area contributed by atoms with E-state index in [-0.39, 0.29) is 0 Å². The Morgan fingerprint density at radius 3 is 3.00 bits per heavy atom. The molecule has 0 aliphatic rings. The number of ether oxygens (including phenoxy) is 1. The Labute approximate surface area is 60.0 Å². The van der Waals surface area contributed by atoms with Gasteiger partial charge < -0.3 is 14.9 Å². The standard InChI is InChI=1S/C6H10N2O2/c1-3-10-6(9)8-5-4-7-2/h3-5H2,1H3,(H,8,9). The van der Waals surface area contributed by atoms with Crippen LogP contribution in [0.1, 0.15) is 6.92 Å². The maximum atomic E-state index is 10.5. The predicted octanol–water partition coefficient (Wildman–Crippen LogP) is 0.652. The van der Waals surface area contributed by atoms with E-state index in [1.807, 2.05) is 0 Å². The molecule has 0 radical (unpaired) electrons. The van der Waals surface area contributed by atoms with Gasteiger partial charge in [0.05, 0.1) is 13.2 Å². The van der Waals surface area contributed by atoms with Crippen molar-refractivity contribution in [2.75, 3.05) is 19.7 Å². The first kappa shape index (κ1) is 8.76. The van der Waals surface area contributed by atoms with Gasteiger partial charge in [-0.05, 0) is 6.92 Å². The highest BCUT2D eigenvalue weighted by atomic mass is 16.5. The fourth-order valence-electron chi connectivity index (χ4n) is 0.396. The number of nitrogens with one attached hydrogen (secondary N) is 1. The summed E-state index contributed by atoms with van der Waals surface area (Å²) in [5, 5.41) is 2.41. The summed E-state index contributed by atoms with van der Waals surface area (Å²) >= 11 is 0. The van der Waals surface area contributed by atoms with E-state index in [1.165, 1.54) is 0 Å². The molecule has 0 bridgehead atoms. The van der Waals surface area contributed by atoms with Crippen LogP contribution < -0.4 is 5.32 Å². The molecule has 0 rings (SSSR count). The lowest BCUT2D eigenvalue weighted by Crippen LogP contribution is -2.26. The van der Waals surface area contributed by atoms with Crippen molar-refractivity contribution < 1.29 is 9.53 Å². The second-order valence-corrected chi connectivity index (χ2v) is 1.53. The summed E-state index contributed by atoms with van der Waals surface area (Å²) in [6.07, 6.45) is -0.453. The summed E-state index contributed by atoms with van der Waals surface area (Å²) < 4.78 is 4.54. The number of carbonyl (C=O) groups excluding carboxylic acids is 1. The molecule has 10 heavy (non-hydrogen) atoms. The van der Waals surface area contributed by atoms with Crippen molar-refractivity contribution in [3.8, 4) is 0 Å². The second-order valence-electron chi connectivity index (χ2n) is 1.53. The number of hydrogen-bond acceptors (Lipinski definition) is 2. The third-order valence-corrected chi connectivity index (χ3v) is 0.768. The van der Waals surface area contributed by atoms with E-state index in [0.717, 1.165) is 0 Å². The van der Waals surface area contributed by atoms with Gasteiger partial charge in [0.25, 0.3) is 0 Å². The van der Waals surface area contributed by atoms with E-state index in [4.69, 9.17) is 6.57 Å². The van der Waals surface area contributed by atoms with Gasteiger partial charge in [-0.15, -0.1) is 0 Å². The fraction of sp³-hybridized carbons (Fsp3) is 0.667. The Morgan fingerprint density at radius 1 is 1.80 bits per heavy atom. The average Bonchev–Trinajstić information content (AvgIpc) is 1.89. The summed E-state index contributed by atoms with van der Waals surface area (Å²) in [6.45, 7) is 9.15. The first-order valence-electron chi connectivity index (χ1n) is 3.05. The Hall–Kier alpha value is -1.24. The quantitative estimate of drug-likeness (QED) is 0.464. The van der Waals surface area contributed by atoms with Crippen molar-refractivity contribution in [2.45, 2.75) is 6.92 Å². The minimum atomic E-state index is -0.453. The number of rotatable bonds is 3. The third-order valence-electron chi connectivity index (χ3n) is 0.768. The minimum absolute atomic E-state index is 0.304. The zero-order valence-electron chi connectivity index (χ0n) is 5.89. The molecular weight excluding hydrogens is 132 g/mol. The van der Waals surface area contributed by atoms with Crippen LogP contribution in [0, 0.1) is 6.57 Å². The van der Waals surface area contributed by atoms with Gasteiger partial charge in [-0.25, -0.2) is 11.4 Å². The molecule has 0 heterocycles. The van der Waals surface area contributed by atoms with E-state index in [9.17, 15) is 4.79 Å². The van der Waals surface area contributed by atoms with Crippen LogP contribution >= 0.6 is 0 Å². The van der Waals surface area contributed by atoms with Gasteiger partial charge in [-0.1, -0.05) is 0 Å². The van der Waals surface area contributed by atoms with Crippen LogP contribution in [0.15, 0.2) is 0 Å². The Balaban J connectivity index is 3.15. The zero-order chi connectivity index (χ0) is 7.82. The highest BCUT2D eigenvalue weighted by Crippen LogP contribution is 1.74. The summed E-state index contributed by atoms with van der Waals surface area (Å²) in [5.41, 5.74) is 0. The summed E-state index contributed by atoms with van der Waals surface area (Å²) in [7, 11) is 0. The number of carbonyl (C=O) groups is 1. The monoisotopic (exact) mass is 142 g/mol. The summed E-state index contributed by atoms with van der Waals surface area (Å²) in [5.74, 6) is 0. The van der Waals surface area contributed by atoms with E-state index in [1.54, 1.807) is 6.92 Å². The van der Waals surface area contributed by atoms with Crippen LogP contribution in [0.4, 0.5) is 4.79 Å². The molecule has 0 aromatic carbocycles. The molecule has 0 saturated carbocycles. The molecule has 4 heteroatoms. The third kappa shape index (κ3) is 4.91. The lowest BCUT2D eigenvalue weighted by molar-refractivity contribution is 0.152. The Bertz CT molecular complexity index is 139. The Morgan fingerprint density at radius 2 is 2.50 bits per heavy atom. The molecule has 4 nitrogen and oxygen atoms in total. The van der Waals surface area contributed by atoms with Crippen LogP contribution in [0.5, 0.6) is 0 Å². The fourth-order valence-corrected chi connectivity index (χ4v) is 0.396. The van der Waals surface area contributed by atoms with Crippen molar-refractivity contribution in [3.63, 3.8) is 0 Å². The SMILES string of the molecule is [C-]#[N+]CCNC(=O)OCC. The highest BCUT2D eigenvalue weighted by Gasteiger charge is 1.97. The van der Waals surface area contributed by atoms with Crippen LogP contribution in [0.25, 0.3) is 4.85 Å². The van der Waals surface area contributed by atoms with Crippen molar-refractivity contribution in [1.82, 2.24) is 5.32 Å². The van der Waals surface area contributed by atoms with Crippen molar-refractivity contribution in [3.05, 3.63) is 11.4 Å². The Kier molecular flexibility index (Phi) is 5.16. The lowest BCUT2D eigenvalue weighted by atomic mass is 10.6. The van der Waals surface area contributed by atoms with Crippen molar-refractivity contribution in [2.24, 2.45) is 0 Å². The largest absolute Gasteiger partial charge is 0.450 e. The maximum absolute atomic E-state index is 10.5. The van der Waals surface area contributed by atoms with Crippen LogP contribution in [0.2, 0.25) is 0 Å². The number of nitrogens with zero attached hydrogens (tertiary/aromatic N) is 1. The lowest BCUT2D eigenvalue weighted by Gasteiger charge is -1.99. The van der Waals surface area contributed by atoms with E-state index >= 15 is 0 Å². The predicted molar refractivity (Wildman–Crippen MR) is 36.5 cm³/mol. The average molecular weight is 142 g/mol. The second kappa shape index (κ2) is 5.89. The van der Waals surface area contributed by atoms with Crippen LogP contribution in [-0.2, 0) is 4.74 Å². The molecule has 0 saturated heterocycles. The van der Waals surface area contributed by atoms with E-state index < -0.39 is 6.09 Å². The molecule has 0 aliphatic heterocycles. The van der Waals surface area contributed by atoms with Crippen molar-refractivity contribution >= 4 is 6.09 Å². The smallest absolute Gasteiger partial charge is 0.407 e. The molecule has 0 atom stereocenters. The van der Waals surface area contributed by atoms with Gasteiger partial charge in [0.2, 0.25) is 6.54 Å². The van der Waals surface area contributed by atoms with E-state index in [0.29, 0.717) is 19.7 Å². The molecule has 0 aromatic rings. The van der Waals surface area contributed by atoms with Crippen molar-refractivity contribution in [1.29, 1.82) is 0 Å². The molecule has 1 N–H and O–H groups in total. The summed E-state index contributed by atoms with van der Waals surface area (Å²) in [4.78, 5) is 13.5. The molecule has 0 unspecified atom stereocenters. The number of alkyl carbamates (subject to hydrolysis) is 1. The molecular formula is C6H10N2O2. The highest BCUT2D eigenvalue weighted by molar-refractivity contribution is 5.66. The van der Waals surface area contributed by atoms with E-state index in [2.05, 4.69) is 14.9 Å². The van der Waals surface area contributed by atoms with Gasteiger partial charge in [0.1, 0.15) is 0 Å². The molecule has 0 aromatic heterocycles. The first-order chi connectivity index (χ1) is 4.81. The number of amides is 1. The minimum Gasteiger partial charge on any atom is -0.450 e. The molecule has 1 amide bonds. The van der Waals surface area contributed by atoms with Gasteiger partial charge in [-0.3, -0.25) is 0 Å². The van der Waals surface area contributed by atoms with Crippen LogP contribution in [-0.4, -0.2) is 25.8 Å². The normalized spacial score (nSPS) is 8.00. The molecule has 0 spiro atoms. The maximum Gasteiger partial charge on any atom is 0.407 e. The molecule has 56 valence electrons. The van der Waals surface area contributed by atoms with Gasteiger partial charge in [0, 0.05) is 0 Å². The van der Waals surface area contributed by atoms with Gasteiger partial charge in [0.15, 0.2) is 0 Å². The van der Waals surface area contributed by atoms with Gasteiger partial charge in [-0.2, -0.15) is 0 Å². The first-order valence-corrected chi connectivity index (χ1v) is 3.05. The van der Waals surface area contributed by atoms with Gasteiger partial charge >= 0.3 is 6.09 Å². The summed E-state index contributed by atoms with van der Waals surface area (Å²) in [6, 6.07) is 0. The molecule has 0 aliphatic carbocycles. The molecule has 0 fully saturated rings. The zero-order valence-corrected chi connectivity index (χ0v) is 5.89. The number of hydrogen-bond donors (Lipinski definition) is 1. The topological polar surface area (TPSA) is 42.7 Å². The van der Waals surface area contributed by atoms with Crippen LogP contribution in [0.3, 0.4) is 0 Å².